The van der Waals surface area contributed by atoms with Gasteiger partial charge in [-0.1, -0.05) is 0 Å². The molecule has 5 N–H and O–H groups in total. The molecule has 0 unspecified atom stereocenters. The third-order valence-electron chi connectivity index (χ3n) is 3.62. The number of amidine groups is 1. The van der Waals surface area contributed by atoms with Crippen molar-refractivity contribution in [3.05, 3.63) is 23.5 Å². The fraction of sp³-hybridized carbons (Fsp3) is 0.538. The van der Waals surface area contributed by atoms with Crippen molar-refractivity contribution in [2.45, 2.75) is 32.7 Å². The van der Waals surface area contributed by atoms with E-state index in [1.54, 1.807) is 6.08 Å². The maximum absolute atomic E-state index is 7.92. The van der Waals surface area contributed by atoms with E-state index in [1.165, 1.54) is 6.42 Å². The van der Waals surface area contributed by atoms with Gasteiger partial charge in [0.2, 0.25) is 0 Å². The second-order valence-electron chi connectivity index (χ2n) is 5.47. The van der Waals surface area contributed by atoms with Crippen LogP contribution in [-0.2, 0) is 0 Å². The van der Waals surface area contributed by atoms with E-state index in [0.29, 0.717) is 11.5 Å². The first-order valence-electron chi connectivity index (χ1n) is 6.50. The number of aromatic amines is 1. The van der Waals surface area contributed by atoms with Gasteiger partial charge in [0.15, 0.2) is 5.82 Å². The highest BCUT2D eigenvalue weighted by molar-refractivity contribution is 6.01. The van der Waals surface area contributed by atoms with Crippen molar-refractivity contribution in [3.63, 3.8) is 0 Å². The van der Waals surface area contributed by atoms with Gasteiger partial charge in [-0.05, 0) is 27.2 Å². The maximum Gasteiger partial charge on any atom is 0.153 e. The minimum atomic E-state index is -0.201. The van der Waals surface area contributed by atoms with Crippen LogP contribution in [0.4, 0.5) is 5.82 Å². The van der Waals surface area contributed by atoms with Gasteiger partial charge in [-0.25, -0.2) is 0 Å². The minimum Gasteiger partial charge on any atom is -0.400 e. The molecule has 2 heterocycles. The molecule has 0 amide bonds. The molecular weight excluding hydrogens is 240 g/mol. The van der Waals surface area contributed by atoms with Crippen LogP contribution >= 0.6 is 0 Å². The molecule has 0 bridgehead atoms. The zero-order valence-corrected chi connectivity index (χ0v) is 11.7. The largest absolute Gasteiger partial charge is 0.400 e. The number of hydrogen-bond acceptors (Lipinski definition) is 4. The normalized spacial score (nSPS) is 17.1. The fourth-order valence-electron chi connectivity index (χ4n) is 2.05. The first kappa shape index (κ1) is 13.6. The van der Waals surface area contributed by atoms with E-state index in [-0.39, 0.29) is 11.4 Å². The highest BCUT2D eigenvalue weighted by atomic mass is 15.2. The molecule has 1 aromatic heterocycles. The fourth-order valence-corrected chi connectivity index (χ4v) is 2.05. The molecule has 0 aromatic carbocycles. The summed E-state index contributed by atoms with van der Waals surface area (Å²) >= 11 is 0. The lowest BCUT2D eigenvalue weighted by Gasteiger charge is -2.44. The summed E-state index contributed by atoms with van der Waals surface area (Å²) in [5.41, 5.74) is 7.57. The second-order valence-corrected chi connectivity index (χ2v) is 5.47. The summed E-state index contributed by atoms with van der Waals surface area (Å²) in [7, 11) is 0. The lowest BCUT2D eigenvalue weighted by Crippen LogP contribution is -2.54. The Labute approximate surface area is 113 Å². The predicted molar refractivity (Wildman–Crippen MR) is 77.2 cm³/mol. The Morgan fingerprint density at radius 2 is 2.26 bits per heavy atom. The van der Waals surface area contributed by atoms with Crippen molar-refractivity contribution in [2.75, 3.05) is 18.4 Å². The average molecular weight is 262 g/mol. The lowest BCUT2D eigenvalue weighted by molar-refractivity contribution is 0.0799. The smallest absolute Gasteiger partial charge is 0.153 e. The Hall–Kier alpha value is -1.82. The number of rotatable bonds is 4. The van der Waals surface area contributed by atoms with E-state index < -0.39 is 0 Å². The third kappa shape index (κ3) is 2.96. The second kappa shape index (κ2) is 5.05. The van der Waals surface area contributed by atoms with Crippen molar-refractivity contribution in [1.82, 2.24) is 15.1 Å². The van der Waals surface area contributed by atoms with Gasteiger partial charge in [-0.15, -0.1) is 0 Å². The molecule has 1 fully saturated rings. The molecule has 0 atom stereocenters. The Balaban J connectivity index is 2.01. The summed E-state index contributed by atoms with van der Waals surface area (Å²) in [6.45, 7) is 8.23. The minimum absolute atomic E-state index is 0.201. The van der Waals surface area contributed by atoms with E-state index in [4.69, 9.17) is 11.1 Å². The van der Waals surface area contributed by atoms with Crippen LogP contribution in [0.25, 0.3) is 0 Å². The number of aryl methyl sites for hydroxylation is 1. The van der Waals surface area contributed by atoms with E-state index in [0.717, 1.165) is 18.8 Å². The monoisotopic (exact) mass is 262 g/mol. The molecule has 6 heteroatoms. The van der Waals surface area contributed by atoms with Crippen molar-refractivity contribution < 1.29 is 0 Å². The first-order chi connectivity index (χ1) is 8.89. The lowest BCUT2D eigenvalue weighted by atomic mass is 9.94. The van der Waals surface area contributed by atoms with Crippen LogP contribution in [-0.4, -0.2) is 39.6 Å². The van der Waals surface area contributed by atoms with Crippen LogP contribution in [0, 0.1) is 12.3 Å². The summed E-state index contributed by atoms with van der Waals surface area (Å²) < 4.78 is 0. The number of nitrogens with two attached hydrogens (primary N) is 1. The highest BCUT2D eigenvalue weighted by Gasteiger charge is 2.33. The molecule has 104 valence electrons. The molecule has 1 aliphatic rings. The first-order valence-corrected chi connectivity index (χ1v) is 6.50. The molecule has 19 heavy (non-hydrogen) atoms. The van der Waals surface area contributed by atoms with Crippen LogP contribution in [0.1, 0.15) is 26.0 Å². The van der Waals surface area contributed by atoms with E-state index in [2.05, 4.69) is 34.3 Å². The summed E-state index contributed by atoms with van der Waals surface area (Å²) in [5, 5.41) is 17.7. The molecule has 1 aromatic rings. The quantitative estimate of drug-likeness (QED) is 0.488. The summed E-state index contributed by atoms with van der Waals surface area (Å²) in [6.07, 6.45) is 2.89. The van der Waals surface area contributed by atoms with E-state index in [9.17, 15) is 0 Å². The molecule has 0 radical (unpaired) electrons. The molecule has 6 nitrogen and oxygen atoms in total. The summed E-state index contributed by atoms with van der Waals surface area (Å²) in [4.78, 5) is 2.31. The van der Waals surface area contributed by atoms with Gasteiger partial charge in [-0.2, -0.15) is 5.10 Å². The predicted octanol–water partition coefficient (Wildman–Crippen LogP) is 1.43. The highest BCUT2D eigenvalue weighted by Crippen LogP contribution is 2.25. The van der Waals surface area contributed by atoms with E-state index in [1.807, 2.05) is 13.0 Å². The number of aromatic nitrogens is 2. The number of nitrogens with one attached hydrogen (secondary N) is 3. The molecule has 2 rings (SSSR count). The van der Waals surface area contributed by atoms with Crippen molar-refractivity contribution in [3.8, 4) is 0 Å². The van der Waals surface area contributed by atoms with Crippen LogP contribution in [0.2, 0.25) is 0 Å². The van der Waals surface area contributed by atoms with Gasteiger partial charge >= 0.3 is 0 Å². The number of likely N-dealkylation sites (tertiary alicyclic amines) is 1. The zero-order chi connectivity index (χ0) is 14.0. The topological polar surface area (TPSA) is 93.8 Å². The van der Waals surface area contributed by atoms with Gasteiger partial charge < -0.3 is 11.1 Å². The van der Waals surface area contributed by atoms with Crippen molar-refractivity contribution in [2.24, 2.45) is 5.73 Å². The molecular formula is C13H22N6. The Bertz CT molecular complexity index is 495. The van der Waals surface area contributed by atoms with Gasteiger partial charge in [-0.3, -0.25) is 15.4 Å². The van der Waals surface area contributed by atoms with Crippen LogP contribution in [0.3, 0.4) is 0 Å². The van der Waals surface area contributed by atoms with E-state index >= 15 is 0 Å². The van der Waals surface area contributed by atoms with Crippen LogP contribution in [0.15, 0.2) is 17.8 Å². The zero-order valence-electron chi connectivity index (χ0n) is 11.7. The van der Waals surface area contributed by atoms with Gasteiger partial charge in [0.25, 0.3) is 0 Å². The molecule has 1 saturated heterocycles. The summed E-state index contributed by atoms with van der Waals surface area (Å²) in [5.74, 6) is 0.880. The summed E-state index contributed by atoms with van der Waals surface area (Å²) in [6, 6.07) is 1.85. The van der Waals surface area contributed by atoms with Crippen molar-refractivity contribution >= 4 is 11.7 Å². The standard InChI is InChI=1S/C13H22N6/c1-9-7-12(18-17-9)16-11(15)8-10(14)13(2,3)19-5-4-6-19/h7-8H,4-6,14H2,1-3H3,(H3,15,16,17,18)/b10-8-. The number of anilines is 1. The van der Waals surface area contributed by atoms with Gasteiger partial charge in [0, 0.05) is 36.6 Å². The number of hydrogen-bond donors (Lipinski definition) is 4. The number of nitrogens with zero attached hydrogens (tertiary/aromatic N) is 2. The van der Waals surface area contributed by atoms with Gasteiger partial charge in [0.05, 0.1) is 5.54 Å². The van der Waals surface area contributed by atoms with Crippen molar-refractivity contribution in [1.29, 1.82) is 5.41 Å². The van der Waals surface area contributed by atoms with Gasteiger partial charge in [0.1, 0.15) is 5.84 Å². The molecule has 0 saturated carbocycles. The van der Waals surface area contributed by atoms with Crippen LogP contribution < -0.4 is 11.1 Å². The third-order valence-corrected chi connectivity index (χ3v) is 3.62. The Kier molecular flexibility index (Phi) is 3.61. The maximum atomic E-state index is 7.92. The molecule has 0 aliphatic carbocycles. The Morgan fingerprint density at radius 1 is 1.58 bits per heavy atom. The Morgan fingerprint density at radius 3 is 2.74 bits per heavy atom. The number of H-pyrrole nitrogens is 1. The van der Waals surface area contributed by atoms with Crippen LogP contribution in [0.5, 0.6) is 0 Å². The molecule has 0 spiro atoms. The SMILES string of the molecule is Cc1cc(NC(=N)/C=C(\N)C(C)(C)N2CCC2)n[nH]1. The average Bonchev–Trinajstić information content (AvgIpc) is 2.60. The molecule has 1 aliphatic heterocycles.